The molecule has 2 N–H and O–H groups in total. The Labute approximate surface area is 75.2 Å². The SMILES string of the molecule is Cl.NC(Br)c1ccccc1. The lowest BCUT2D eigenvalue weighted by molar-refractivity contribution is 1.06. The first-order chi connectivity index (χ1) is 4.30. The molecule has 0 saturated carbocycles. The molecule has 0 bridgehead atoms. The monoisotopic (exact) mass is 221 g/mol. The Morgan fingerprint density at radius 1 is 1.20 bits per heavy atom. The average Bonchev–Trinajstić information content (AvgIpc) is 1.90. The van der Waals surface area contributed by atoms with E-state index >= 15 is 0 Å². The number of rotatable bonds is 1. The molecule has 1 unspecified atom stereocenters. The molecule has 0 saturated heterocycles. The molecule has 1 atom stereocenters. The van der Waals surface area contributed by atoms with Crippen molar-refractivity contribution in [2.75, 3.05) is 0 Å². The predicted octanol–water partition coefficient (Wildman–Crippen LogP) is 2.46. The Morgan fingerprint density at radius 3 is 2.00 bits per heavy atom. The topological polar surface area (TPSA) is 26.0 Å². The zero-order valence-corrected chi connectivity index (χ0v) is 7.73. The first-order valence-electron chi connectivity index (χ1n) is 2.75. The van der Waals surface area contributed by atoms with Crippen molar-refractivity contribution in [2.45, 2.75) is 4.95 Å². The summed E-state index contributed by atoms with van der Waals surface area (Å²) >= 11 is 3.26. The summed E-state index contributed by atoms with van der Waals surface area (Å²) in [5.41, 5.74) is 6.64. The Hall–Kier alpha value is -0.0500. The highest BCUT2D eigenvalue weighted by Gasteiger charge is 1.95. The Morgan fingerprint density at radius 2 is 1.70 bits per heavy atom. The molecule has 0 radical (unpaired) electrons. The lowest BCUT2D eigenvalue weighted by Gasteiger charge is -2.00. The van der Waals surface area contributed by atoms with E-state index in [1.54, 1.807) is 0 Å². The molecule has 1 aromatic carbocycles. The van der Waals surface area contributed by atoms with E-state index in [-0.39, 0.29) is 17.4 Å². The van der Waals surface area contributed by atoms with Crippen molar-refractivity contribution >= 4 is 28.3 Å². The van der Waals surface area contributed by atoms with Crippen LogP contribution in [0.1, 0.15) is 10.5 Å². The van der Waals surface area contributed by atoms with Crippen LogP contribution in [0.2, 0.25) is 0 Å². The van der Waals surface area contributed by atoms with Crippen LogP contribution >= 0.6 is 28.3 Å². The van der Waals surface area contributed by atoms with Gasteiger partial charge in [0.05, 0.1) is 4.95 Å². The van der Waals surface area contributed by atoms with E-state index in [4.69, 9.17) is 5.73 Å². The van der Waals surface area contributed by atoms with Crippen LogP contribution in [0.4, 0.5) is 0 Å². The van der Waals surface area contributed by atoms with E-state index in [1.165, 1.54) is 0 Å². The third-order valence-electron chi connectivity index (χ3n) is 1.12. The normalized spacial score (nSPS) is 11.8. The second-order valence-electron chi connectivity index (χ2n) is 1.81. The van der Waals surface area contributed by atoms with Crippen molar-refractivity contribution in [1.82, 2.24) is 0 Å². The Balaban J connectivity index is 0.000000810. The molecule has 0 fully saturated rings. The van der Waals surface area contributed by atoms with Crippen molar-refractivity contribution in [2.24, 2.45) is 5.73 Å². The molecule has 0 amide bonds. The van der Waals surface area contributed by atoms with Crippen molar-refractivity contribution in [3.63, 3.8) is 0 Å². The van der Waals surface area contributed by atoms with Crippen LogP contribution in [0, 0.1) is 0 Å². The van der Waals surface area contributed by atoms with Gasteiger partial charge in [-0.2, -0.15) is 0 Å². The summed E-state index contributed by atoms with van der Waals surface area (Å²) < 4.78 is 0. The Bertz CT molecular complexity index is 176. The van der Waals surface area contributed by atoms with Gasteiger partial charge in [-0.05, 0) is 5.56 Å². The number of alkyl halides is 1. The quantitative estimate of drug-likeness (QED) is 0.573. The first kappa shape index (κ1) is 9.95. The molecule has 10 heavy (non-hydrogen) atoms. The molecule has 0 aliphatic carbocycles. The van der Waals surface area contributed by atoms with Gasteiger partial charge < -0.3 is 5.73 Å². The molecule has 0 spiro atoms. The second-order valence-corrected chi connectivity index (χ2v) is 2.80. The van der Waals surface area contributed by atoms with Crippen LogP contribution in [0.3, 0.4) is 0 Å². The minimum atomic E-state index is -0.0290. The molecule has 1 nitrogen and oxygen atoms in total. The lowest BCUT2D eigenvalue weighted by atomic mass is 10.2. The number of halogens is 2. The summed E-state index contributed by atoms with van der Waals surface area (Å²) in [5.74, 6) is 0. The van der Waals surface area contributed by atoms with Gasteiger partial charge in [-0.3, -0.25) is 0 Å². The van der Waals surface area contributed by atoms with Crippen LogP contribution in [-0.4, -0.2) is 0 Å². The Kier molecular flexibility index (Phi) is 4.69. The van der Waals surface area contributed by atoms with E-state index < -0.39 is 0 Å². The summed E-state index contributed by atoms with van der Waals surface area (Å²) in [6.07, 6.45) is 0. The fraction of sp³-hybridized carbons (Fsp3) is 0.143. The van der Waals surface area contributed by atoms with E-state index in [0.717, 1.165) is 5.56 Å². The molecule has 56 valence electrons. The van der Waals surface area contributed by atoms with E-state index in [2.05, 4.69) is 15.9 Å². The van der Waals surface area contributed by atoms with Crippen LogP contribution in [-0.2, 0) is 0 Å². The highest BCUT2D eigenvalue weighted by atomic mass is 79.9. The van der Waals surface area contributed by atoms with Crippen molar-refractivity contribution in [1.29, 1.82) is 0 Å². The molecule has 1 rings (SSSR count). The molecular formula is C7H9BrClN. The maximum Gasteiger partial charge on any atom is 0.0861 e. The number of hydrogen-bond acceptors (Lipinski definition) is 1. The maximum atomic E-state index is 5.53. The van der Waals surface area contributed by atoms with Crippen LogP contribution in [0.25, 0.3) is 0 Å². The van der Waals surface area contributed by atoms with Crippen LogP contribution in [0.5, 0.6) is 0 Å². The van der Waals surface area contributed by atoms with E-state index in [9.17, 15) is 0 Å². The van der Waals surface area contributed by atoms with E-state index in [0.29, 0.717) is 0 Å². The lowest BCUT2D eigenvalue weighted by Crippen LogP contribution is -1.99. The smallest absolute Gasteiger partial charge is 0.0861 e. The molecular weight excluding hydrogens is 213 g/mol. The van der Waals surface area contributed by atoms with Gasteiger partial charge in [-0.15, -0.1) is 12.4 Å². The zero-order chi connectivity index (χ0) is 6.69. The van der Waals surface area contributed by atoms with Gasteiger partial charge in [0.2, 0.25) is 0 Å². The minimum absolute atomic E-state index is 0. The number of nitrogens with two attached hydrogens (primary N) is 1. The van der Waals surface area contributed by atoms with Crippen molar-refractivity contribution in [3.05, 3.63) is 35.9 Å². The highest BCUT2D eigenvalue weighted by Crippen LogP contribution is 2.14. The largest absolute Gasteiger partial charge is 0.315 e. The zero-order valence-electron chi connectivity index (χ0n) is 5.33. The summed E-state index contributed by atoms with van der Waals surface area (Å²) in [4.78, 5) is -0.0290. The fourth-order valence-electron chi connectivity index (χ4n) is 0.637. The third-order valence-corrected chi connectivity index (χ3v) is 1.65. The molecule has 0 aliphatic heterocycles. The summed E-state index contributed by atoms with van der Waals surface area (Å²) in [7, 11) is 0. The minimum Gasteiger partial charge on any atom is -0.315 e. The molecule has 0 aromatic heterocycles. The van der Waals surface area contributed by atoms with Gasteiger partial charge in [-0.25, -0.2) is 0 Å². The number of benzene rings is 1. The number of hydrogen-bond donors (Lipinski definition) is 1. The standard InChI is InChI=1S/C7H8BrN.ClH/c8-7(9)6-4-2-1-3-5-6;/h1-5,7H,9H2;1H. The van der Waals surface area contributed by atoms with Gasteiger partial charge >= 0.3 is 0 Å². The summed E-state index contributed by atoms with van der Waals surface area (Å²) in [6, 6.07) is 9.88. The van der Waals surface area contributed by atoms with Crippen LogP contribution < -0.4 is 5.73 Å². The molecule has 1 aromatic rings. The van der Waals surface area contributed by atoms with Crippen molar-refractivity contribution < 1.29 is 0 Å². The summed E-state index contributed by atoms with van der Waals surface area (Å²) in [5, 5.41) is 0. The predicted molar refractivity (Wildman–Crippen MR) is 49.5 cm³/mol. The fourth-order valence-corrected chi connectivity index (χ4v) is 0.942. The molecule has 0 heterocycles. The maximum absolute atomic E-state index is 5.53. The van der Waals surface area contributed by atoms with Gasteiger partial charge in [0.15, 0.2) is 0 Å². The van der Waals surface area contributed by atoms with Crippen molar-refractivity contribution in [3.8, 4) is 0 Å². The third kappa shape index (κ3) is 2.69. The van der Waals surface area contributed by atoms with Gasteiger partial charge in [-0.1, -0.05) is 46.3 Å². The average molecular weight is 223 g/mol. The van der Waals surface area contributed by atoms with Gasteiger partial charge in [0, 0.05) is 0 Å². The first-order valence-corrected chi connectivity index (χ1v) is 3.67. The van der Waals surface area contributed by atoms with E-state index in [1.807, 2.05) is 30.3 Å². The van der Waals surface area contributed by atoms with Gasteiger partial charge in [0.1, 0.15) is 0 Å². The van der Waals surface area contributed by atoms with Gasteiger partial charge in [0.25, 0.3) is 0 Å². The second kappa shape index (κ2) is 4.72. The summed E-state index contributed by atoms with van der Waals surface area (Å²) in [6.45, 7) is 0. The van der Waals surface area contributed by atoms with Crippen LogP contribution in [0.15, 0.2) is 30.3 Å². The molecule has 0 aliphatic rings. The molecule has 3 heteroatoms. The highest BCUT2D eigenvalue weighted by molar-refractivity contribution is 9.09.